The molecule has 0 radical (unpaired) electrons. The van der Waals surface area contributed by atoms with Gasteiger partial charge in [-0.05, 0) is 18.6 Å². The number of amides is 1. The molecule has 2 heterocycles. The maximum atomic E-state index is 11.8. The summed E-state index contributed by atoms with van der Waals surface area (Å²) < 4.78 is 0. The van der Waals surface area contributed by atoms with E-state index in [1.807, 2.05) is 6.92 Å². The SMILES string of the molecule is Cc1cncc(C(=O)Nc2cc(Cl)ncn2)c1. The van der Waals surface area contributed by atoms with Crippen LogP contribution in [0.15, 0.2) is 30.9 Å². The molecule has 17 heavy (non-hydrogen) atoms. The summed E-state index contributed by atoms with van der Waals surface area (Å²) in [7, 11) is 0. The van der Waals surface area contributed by atoms with E-state index in [0.717, 1.165) is 5.56 Å². The van der Waals surface area contributed by atoms with Gasteiger partial charge in [-0.2, -0.15) is 0 Å². The van der Waals surface area contributed by atoms with E-state index >= 15 is 0 Å². The van der Waals surface area contributed by atoms with Gasteiger partial charge in [0.1, 0.15) is 17.3 Å². The van der Waals surface area contributed by atoms with Crippen LogP contribution >= 0.6 is 11.6 Å². The van der Waals surface area contributed by atoms with Gasteiger partial charge in [-0.1, -0.05) is 11.6 Å². The first-order valence-corrected chi connectivity index (χ1v) is 5.23. The lowest BCUT2D eigenvalue weighted by Gasteiger charge is -2.04. The van der Waals surface area contributed by atoms with E-state index < -0.39 is 0 Å². The summed E-state index contributed by atoms with van der Waals surface area (Å²) in [5.41, 5.74) is 1.39. The molecule has 0 unspecified atom stereocenters. The summed E-state index contributed by atoms with van der Waals surface area (Å²) >= 11 is 5.68. The van der Waals surface area contributed by atoms with Gasteiger partial charge < -0.3 is 5.32 Å². The molecule has 0 saturated carbocycles. The van der Waals surface area contributed by atoms with E-state index in [-0.39, 0.29) is 11.1 Å². The number of rotatable bonds is 2. The summed E-state index contributed by atoms with van der Waals surface area (Å²) in [6, 6.07) is 3.22. The van der Waals surface area contributed by atoms with Crippen LogP contribution in [0.4, 0.5) is 5.82 Å². The number of aromatic nitrogens is 3. The highest BCUT2D eigenvalue weighted by molar-refractivity contribution is 6.29. The first-order chi connectivity index (χ1) is 8.15. The summed E-state index contributed by atoms with van der Waals surface area (Å²) in [5, 5.41) is 2.89. The molecule has 0 bridgehead atoms. The molecule has 0 fully saturated rings. The predicted octanol–water partition coefficient (Wildman–Crippen LogP) is 2.09. The van der Waals surface area contributed by atoms with Crippen LogP contribution in [0.5, 0.6) is 0 Å². The average molecular weight is 249 g/mol. The zero-order valence-corrected chi connectivity index (χ0v) is 9.77. The van der Waals surface area contributed by atoms with Gasteiger partial charge in [0.25, 0.3) is 5.91 Å². The van der Waals surface area contributed by atoms with Gasteiger partial charge in [0.05, 0.1) is 5.56 Å². The van der Waals surface area contributed by atoms with Gasteiger partial charge >= 0.3 is 0 Å². The molecule has 0 atom stereocenters. The number of nitrogens with zero attached hydrogens (tertiary/aromatic N) is 3. The van der Waals surface area contributed by atoms with Crippen LogP contribution in [0.1, 0.15) is 15.9 Å². The van der Waals surface area contributed by atoms with Gasteiger partial charge in [0.2, 0.25) is 0 Å². The Labute approximate surface area is 103 Å². The second-order valence-electron chi connectivity index (χ2n) is 3.43. The Morgan fingerprint density at radius 2 is 2.12 bits per heavy atom. The topological polar surface area (TPSA) is 67.8 Å². The van der Waals surface area contributed by atoms with Crippen molar-refractivity contribution in [2.75, 3.05) is 5.32 Å². The van der Waals surface area contributed by atoms with Crippen LogP contribution in [-0.2, 0) is 0 Å². The van der Waals surface area contributed by atoms with Gasteiger partial charge in [0, 0.05) is 18.5 Å². The number of hydrogen-bond acceptors (Lipinski definition) is 4. The highest BCUT2D eigenvalue weighted by Gasteiger charge is 2.07. The van der Waals surface area contributed by atoms with Crippen molar-refractivity contribution in [3.8, 4) is 0 Å². The molecule has 6 heteroatoms. The monoisotopic (exact) mass is 248 g/mol. The lowest BCUT2D eigenvalue weighted by molar-refractivity contribution is 0.102. The Hall–Kier alpha value is -2.01. The summed E-state index contributed by atoms with van der Waals surface area (Å²) in [4.78, 5) is 23.4. The van der Waals surface area contributed by atoms with Gasteiger partial charge in [-0.15, -0.1) is 0 Å². The molecule has 0 saturated heterocycles. The third-order valence-corrected chi connectivity index (χ3v) is 2.22. The summed E-state index contributed by atoms with van der Waals surface area (Å²) in [5.74, 6) is 0.0764. The molecule has 0 aliphatic carbocycles. The van der Waals surface area contributed by atoms with Crippen molar-refractivity contribution in [2.24, 2.45) is 0 Å². The first kappa shape index (κ1) is 11.5. The fraction of sp³-hybridized carbons (Fsp3) is 0.0909. The number of nitrogens with one attached hydrogen (secondary N) is 1. The van der Waals surface area contributed by atoms with Crippen molar-refractivity contribution in [1.29, 1.82) is 0 Å². The maximum Gasteiger partial charge on any atom is 0.258 e. The minimum Gasteiger partial charge on any atom is -0.306 e. The van der Waals surface area contributed by atoms with Crippen molar-refractivity contribution in [1.82, 2.24) is 15.0 Å². The smallest absolute Gasteiger partial charge is 0.258 e. The molecule has 1 N–H and O–H groups in total. The standard InChI is InChI=1S/C11H9ClN4O/c1-7-2-8(5-13-4-7)11(17)16-10-3-9(12)14-6-15-10/h2-6H,1H3,(H,14,15,16,17). The normalized spacial score (nSPS) is 10.0. The zero-order valence-electron chi connectivity index (χ0n) is 9.01. The lowest BCUT2D eigenvalue weighted by atomic mass is 10.2. The molecule has 5 nitrogen and oxygen atoms in total. The number of anilines is 1. The van der Waals surface area contributed by atoms with Crippen LogP contribution in [0.3, 0.4) is 0 Å². The minimum atomic E-state index is -0.282. The zero-order chi connectivity index (χ0) is 12.3. The Balaban J connectivity index is 2.17. The lowest BCUT2D eigenvalue weighted by Crippen LogP contribution is -2.13. The van der Waals surface area contributed by atoms with Gasteiger partial charge in [-0.25, -0.2) is 9.97 Å². The number of carbonyl (C=O) groups excluding carboxylic acids is 1. The molecule has 0 aliphatic heterocycles. The Morgan fingerprint density at radius 3 is 2.82 bits per heavy atom. The van der Waals surface area contributed by atoms with Crippen LogP contribution in [-0.4, -0.2) is 20.9 Å². The number of aryl methyl sites for hydroxylation is 1. The molecule has 0 aromatic carbocycles. The first-order valence-electron chi connectivity index (χ1n) is 4.86. The van der Waals surface area contributed by atoms with Gasteiger partial charge in [0.15, 0.2) is 0 Å². The summed E-state index contributed by atoms with van der Waals surface area (Å²) in [6.07, 6.45) is 4.45. The number of halogens is 1. The summed E-state index contributed by atoms with van der Waals surface area (Å²) in [6.45, 7) is 1.87. The highest BCUT2D eigenvalue weighted by Crippen LogP contribution is 2.10. The predicted molar refractivity (Wildman–Crippen MR) is 64.0 cm³/mol. The van der Waals surface area contributed by atoms with E-state index in [4.69, 9.17) is 11.6 Å². The second-order valence-corrected chi connectivity index (χ2v) is 3.82. The molecule has 2 aromatic rings. The van der Waals surface area contributed by atoms with Crippen molar-refractivity contribution < 1.29 is 4.79 Å². The largest absolute Gasteiger partial charge is 0.306 e. The molecular weight excluding hydrogens is 240 g/mol. The van der Waals surface area contributed by atoms with E-state index in [1.165, 1.54) is 18.6 Å². The van der Waals surface area contributed by atoms with Crippen LogP contribution < -0.4 is 5.32 Å². The van der Waals surface area contributed by atoms with Crippen LogP contribution in [0.2, 0.25) is 5.15 Å². The van der Waals surface area contributed by atoms with E-state index in [0.29, 0.717) is 11.4 Å². The fourth-order valence-corrected chi connectivity index (χ4v) is 1.42. The molecule has 86 valence electrons. The number of pyridine rings is 1. The Morgan fingerprint density at radius 1 is 1.29 bits per heavy atom. The van der Waals surface area contributed by atoms with E-state index in [9.17, 15) is 4.79 Å². The molecular formula is C11H9ClN4O. The van der Waals surface area contributed by atoms with Gasteiger partial charge in [-0.3, -0.25) is 9.78 Å². The van der Waals surface area contributed by atoms with Crippen molar-refractivity contribution in [3.63, 3.8) is 0 Å². The van der Waals surface area contributed by atoms with Crippen molar-refractivity contribution in [3.05, 3.63) is 47.1 Å². The maximum absolute atomic E-state index is 11.8. The quantitative estimate of drug-likeness (QED) is 0.827. The fourth-order valence-electron chi connectivity index (χ4n) is 1.27. The number of hydrogen-bond donors (Lipinski definition) is 1. The molecule has 2 aromatic heterocycles. The molecule has 0 aliphatic rings. The average Bonchev–Trinajstić information content (AvgIpc) is 2.29. The van der Waals surface area contributed by atoms with E-state index in [2.05, 4.69) is 20.3 Å². The minimum absolute atomic E-state index is 0.276. The van der Waals surface area contributed by atoms with Crippen molar-refractivity contribution in [2.45, 2.75) is 6.92 Å². The third-order valence-electron chi connectivity index (χ3n) is 2.01. The van der Waals surface area contributed by atoms with Crippen LogP contribution in [0.25, 0.3) is 0 Å². The second kappa shape index (κ2) is 4.88. The third kappa shape index (κ3) is 2.98. The highest BCUT2D eigenvalue weighted by atomic mass is 35.5. The molecule has 1 amide bonds. The molecule has 0 spiro atoms. The van der Waals surface area contributed by atoms with Crippen molar-refractivity contribution >= 4 is 23.3 Å². The van der Waals surface area contributed by atoms with E-state index in [1.54, 1.807) is 12.3 Å². The number of carbonyl (C=O) groups is 1. The molecule has 2 rings (SSSR count). The van der Waals surface area contributed by atoms with Crippen LogP contribution in [0, 0.1) is 6.92 Å². The Kier molecular flexibility index (Phi) is 3.30. The Bertz CT molecular complexity index is 559.